The van der Waals surface area contributed by atoms with Crippen molar-refractivity contribution in [2.75, 3.05) is 50.8 Å². The monoisotopic (exact) mass is 606 g/mol. The lowest BCUT2D eigenvalue weighted by Crippen LogP contribution is -2.58. The number of alkyl halides is 3. The van der Waals surface area contributed by atoms with Crippen LogP contribution < -0.4 is 19.3 Å². The molecule has 0 radical (unpaired) electrons. The first-order valence-electron chi connectivity index (χ1n) is 13.2. The van der Waals surface area contributed by atoms with E-state index in [1.54, 1.807) is 17.0 Å². The number of hydrogen-bond acceptors (Lipinski definition) is 9. The maximum Gasteiger partial charge on any atom is 0.416 e. The molecule has 13 heteroatoms. The van der Waals surface area contributed by atoms with Gasteiger partial charge in [-0.3, -0.25) is 9.69 Å². The molecule has 0 N–H and O–H groups in total. The number of esters is 1. The molecule has 0 bridgehead atoms. The molecule has 3 heterocycles. The van der Waals surface area contributed by atoms with E-state index in [-0.39, 0.29) is 29.6 Å². The number of methoxy groups -OCH3 is 3. The first kappa shape index (κ1) is 29.5. The van der Waals surface area contributed by atoms with Crippen LogP contribution in [0.2, 0.25) is 0 Å². The maximum absolute atomic E-state index is 14.1. The summed E-state index contributed by atoms with van der Waals surface area (Å²) in [6, 6.07) is 9.00. The number of hydrogen-bond donors (Lipinski definition) is 0. The zero-order valence-corrected chi connectivity index (χ0v) is 24.3. The Labute approximate surface area is 244 Å². The molecule has 1 saturated heterocycles. The molecule has 2 aromatic carbocycles. The van der Waals surface area contributed by atoms with Crippen LogP contribution in [0, 0.1) is 5.82 Å². The van der Waals surface area contributed by atoms with E-state index in [0.717, 1.165) is 22.7 Å². The molecule has 224 valence electrons. The summed E-state index contributed by atoms with van der Waals surface area (Å²) in [5.74, 6) is -0.235. The van der Waals surface area contributed by atoms with E-state index in [2.05, 4.69) is 4.90 Å². The largest absolute Gasteiger partial charge is 0.495 e. The predicted molar refractivity (Wildman–Crippen MR) is 153 cm³/mol. The molecule has 0 saturated carbocycles. The normalized spacial score (nSPS) is 18.9. The molecular formula is C29H30F4N4O4S. The second-order valence-corrected chi connectivity index (χ2v) is 10.9. The highest BCUT2D eigenvalue weighted by molar-refractivity contribution is 7.10. The smallest absolute Gasteiger partial charge is 0.416 e. The number of carbonyl (C=O) groups excluding carboxylic acids is 1. The second kappa shape index (κ2) is 11.7. The van der Waals surface area contributed by atoms with E-state index in [0.29, 0.717) is 31.3 Å². The van der Waals surface area contributed by atoms with Crippen LogP contribution in [-0.2, 0) is 15.7 Å². The summed E-state index contributed by atoms with van der Waals surface area (Å²) >= 11 is 1.37. The number of benzene rings is 2. The van der Waals surface area contributed by atoms with Crippen molar-refractivity contribution in [3.63, 3.8) is 0 Å². The highest BCUT2D eigenvalue weighted by Gasteiger charge is 2.41. The summed E-state index contributed by atoms with van der Waals surface area (Å²) in [5, 5.41) is 1.84. The predicted octanol–water partition coefficient (Wildman–Crippen LogP) is 6.25. The van der Waals surface area contributed by atoms with E-state index >= 15 is 0 Å². The SMILES string of the molecule is COC(=O)CC1c2sccc2N=C(N2CCN(c3ccc(F)c(OC)c3)[C@H](C)C2)N1c1cc(C(F)(F)F)ccc1OC. The lowest BCUT2D eigenvalue weighted by Gasteiger charge is -2.47. The zero-order valence-electron chi connectivity index (χ0n) is 23.4. The van der Waals surface area contributed by atoms with Crippen molar-refractivity contribution in [2.45, 2.75) is 31.6 Å². The molecule has 2 aliphatic rings. The molecule has 1 unspecified atom stereocenters. The fraction of sp³-hybridized carbons (Fsp3) is 0.379. The number of guanidine groups is 1. The van der Waals surface area contributed by atoms with Crippen molar-refractivity contribution in [1.29, 1.82) is 0 Å². The van der Waals surface area contributed by atoms with Gasteiger partial charge < -0.3 is 24.0 Å². The first-order chi connectivity index (χ1) is 20.0. The topological polar surface area (TPSA) is 66.8 Å². The van der Waals surface area contributed by atoms with E-state index in [1.807, 2.05) is 23.3 Å². The maximum atomic E-state index is 14.1. The summed E-state index contributed by atoms with van der Waals surface area (Å²) in [6.45, 7) is 3.41. The van der Waals surface area contributed by atoms with Crippen molar-refractivity contribution in [2.24, 2.45) is 4.99 Å². The van der Waals surface area contributed by atoms with Gasteiger partial charge in [-0.1, -0.05) is 0 Å². The number of carbonyl (C=O) groups is 1. The van der Waals surface area contributed by atoms with Crippen molar-refractivity contribution < 1.29 is 36.6 Å². The van der Waals surface area contributed by atoms with Gasteiger partial charge in [-0.25, -0.2) is 9.38 Å². The number of halogens is 4. The standard InChI is InChI=1S/C29H30F4N4O4S/c1-17-16-35(10-11-36(17)19-6-7-20(30)25(14-19)40-3)28-34-21-9-12-42-27(21)23(15-26(38)41-4)37(28)22-13-18(29(31,32)33)5-8-24(22)39-2/h5-9,12-14,17,23H,10-11,15-16H2,1-4H3/t17-,23?/m1/s1. The summed E-state index contributed by atoms with van der Waals surface area (Å²) in [7, 11) is 4.07. The fourth-order valence-electron chi connectivity index (χ4n) is 5.40. The van der Waals surface area contributed by atoms with Gasteiger partial charge in [-0.2, -0.15) is 13.2 Å². The fourth-order valence-corrected chi connectivity index (χ4v) is 6.33. The Kier molecular flexibility index (Phi) is 8.22. The summed E-state index contributed by atoms with van der Waals surface area (Å²) in [4.78, 5) is 24.0. The van der Waals surface area contributed by atoms with Gasteiger partial charge in [0.15, 0.2) is 11.6 Å². The van der Waals surface area contributed by atoms with Crippen LogP contribution in [0.25, 0.3) is 0 Å². The Balaban J connectivity index is 1.58. The average Bonchev–Trinajstić information content (AvgIpc) is 3.45. The molecule has 8 nitrogen and oxygen atoms in total. The van der Waals surface area contributed by atoms with Crippen molar-refractivity contribution in [3.8, 4) is 11.5 Å². The number of rotatable bonds is 6. The number of aliphatic imine (C=N–C) groups is 1. The van der Waals surface area contributed by atoms with Gasteiger partial charge in [0.25, 0.3) is 0 Å². The number of fused-ring (bicyclic) bond motifs is 1. The third kappa shape index (κ3) is 5.57. The van der Waals surface area contributed by atoms with E-state index in [4.69, 9.17) is 19.2 Å². The van der Waals surface area contributed by atoms with Crippen molar-refractivity contribution in [3.05, 3.63) is 64.1 Å². The van der Waals surface area contributed by atoms with Crippen LogP contribution >= 0.6 is 11.3 Å². The lowest BCUT2D eigenvalue weighted by atomic mass is 10.0. The van der Waals surface area contributed by atoms with Crippen molar-refractivity contribution in [1.82, 2.24) is 4.90 Å². The molecule has 2 aliphatic heterocycles. The van der Waals surface area contributed by atoms with Crippen LogP contribution in [0.5, 0.6) is 11.5 Å². The van der Waals surface area contributed by atoms with Gasteiger partial charge in [0.1, 0.15) is 5.75 Å². The highest BCUT2D eigenvalue weighted by Crippen LogP contribution is 2.47. The number of anilines is 2. The minimum absolute atomic E-state index is 0.0928. The third-order valence-electron chi connectivity index (χ3n) is 7.45. The lowest BCUT2D eigenvalue weighted by molar-refractivity contribution is -0.141. The molecule has 1 fully saturated rings. The Morgan fingerprint density at radius 3 is 2.48 bits per heavy atom. The van der Waals surface area contributed by atoms with Crippen molar-refractivity contribution >= 4 is 40.3 Å². The summed E-state index contributed by atoms with van der Waals surface area (Å²) in [6.07, 6.45) is -4.72. The van der Waals surface area contributed by atoms with Gasteiger partial charge in [0, 0.05) is 37.4 Å². The minimum Gasteiger partial charge on any atom is -0.495 e. The second-order valence-electron chi connectivity index (χ2n) is 9.94. The van der Waals surface area contributed by atoms with Crippen LogP contribution in [0.1, 0.15) is 29.8 Å². The first-order valence-corrected chi connectivity index (χ1v) is 14.1. The molecule has 3 aromatic rings. The number of thiophene rings is 1. The third-order valence-corrected chi connectivity index (χ3v) is 8.46. The van der Waals surface area contributed by atoms with E-state index in [9.17, 15) is 22.4 Å². The number of ether oxygens (including phenoxy) is 3. The molecule has 0 aliphatic carbocycles. The molecule has 5 rings (SSSR count). The van der Waals surface area contributed by atoms with Crippen LogP contribution in [-0.4, -0.2) is 63.8 Å². The Hall–Kier alpha value is -4.00. The summed E-state index contributed by atoms with van der Waals surface area (Å²) in [5.41, 5.74) is 0.711. The van der Waals surface area contributed by atoms with Gasteiger partial charge in [-0.05, 0) is 48.7 Å². The summed E-state index contributed by atoms with van der Waals surface area (Å²) < 4.78 is 71.4. The van der Waals surface area contributed by atoms with E-state index in [1.165, 1.54) is 44.8 Å². The quantitative estimate of drug-likeness (QED) is 0.243. The molecule has 2 atom stereocenters. The zero-order chi connectivity index (χ0) is 30.2. The average molecular weight is 607 g/mol. The molecule has 1 aromatic heterocycles. The van der Waals surface area contributed by atoms with Crippen LogP contribution in [0.15, 0.2) is 52.8 Å². The molecular weight excluding hydrogens is 576 g/mol. The molecule has 42 heavy (non-hydrogen) atoms. The Bertz CT molecular complexity index is 1490. The van der Waals surface area contributed by atoms with Gasteiger partial charge >= 0.3 is 12.1 Å². The van der Waals surface area contributed by atoms with Gasteiger partial charge in [0.05, 0.1) is 55.6 Å². The Morgan fingerprint density at radius 2 is 1.81 bits per heavy atom. The van der Waals surface area contributed by atoms with Gasteiger partial charge in [-0.15, -0.1) is 11.3 Å². The Morgan fingerprint density at radius 1 is 1.05 bits per heavy atom. The van der Waals surface area contributed by atoms with E-state index < -0.39 is 29.6 Å². The highest BCUT2D eigenvalue weighted by atomic mass is 32.1. The number of piperazine rings is 1. The minimum atomic E-state index is -4.60. The molecule has 0 spiro atoms. The van der Waals surface area contributed by atoms with Gasteiger partial charge in [0.2, 0.25) is 5.96 Å². The molecule has 0 amide bonds. The number of nitrogens with zero attached hydrogens (tertiary/aromatic N) is 4. The van der Waals surface area contributed by atoms with Crippen LogP contribution in [0.4, 0.5) is 34.6 Å². The van der Waals surface area contributed by atoms with Crippen LogP contribution in [0.3, 0.4) is 0 Å².